The molecule has 0 aliphatic heterocycles. The molecule has 0 saturated heterocycles. The summed E-state index contributed by atoms with van der Waals surface area (Å²) in [5.41, 5.74) is 2.76. The lowest BCUT2D eigenvalue weighted by Gasteiger charge is -2.00. The summed E-state index contributed by atoms with van der Waals surface area (Å²) in [6.07, 6.45) is 2.47. The lowest BCUT2D eigenvalue weighted by Crippen LogP contribution is -1.80. The van der Waals surface area contributed by atoms with Crippen LogP contribution < -0.4 is 0 Å². The Morgan fingerprint density at radius 2 is 1.92 bits per heavy atom. The van der Waals surface area contributed by atoms with E-state index >= 15 is 0 Å². The molecular formula is C12H17S. The average Bonchev–Trinajstić information content (AvgIpc) is 2.15. The van der Waals surface area contributed by atoms with Crippen LogP contribution in [-0.2, 0) is 5.75 Å². The Morgan fingerprint density at radius 3 is 2.54 bits per heavy atom. The molecule has 1 heteroatoms. The van der Waals surface area contributed by atoms with Crippen molar-refractivity contribution in [2.75, 3.05) is 0 Å². The highest BCUT2D eigenvalue weighted by molar-refractivity contribution is 8.00. The van der Waals surface area contributed by atoms with Gasteiger partial charge in [-0.2, -0.15) is 11.8 Å². The molecule has 0 aromatic heterocycles. The van der Waals surface area contributed by atoms with Crippen LogP contribution in [0.1, 0.15) is 30.9 Å². The first-order valence-electron chi connectivity index (χ1n) is 4.81. The maximum atomic E-state index is 2.31. The van der Waals surface area contributed by atoms with E-state index in [1.54, 1.807) is 0 Å². The van der Waals surface area contributed by atoms with Gasteiger partial charge < -0.3 is 0 Å². The second kappa shape index (κ2) is 6.09. The average molecular weight is 193 g/mol. The Morgan fingerprint density at radius 1 is 1.23 bits per heavy atom. The number of aryl methyl sites for hydroxylation is 1. The SMILES string of the molecule is CCC[CH]SCc1ccc(C)cc1. The molecule has 71 valence electrons. The number of hydrogen-bond donors (Lipinski definition) is 0. The van der Waals surface area contributed by atoms with Gasteiger partial charge in [-0.25, -0.2) is 0 Å². The number of rotatable bonds is 5. The molecule has 1 aromatic carbocycles. The highest BCUT2D eigenvalue weighted by Gasteiger charge is 1.92. The Labute approximate surface area is 85.7 Å². The predicted octanol–water partition coefficient (Wildman–Crippen LogP) is 4.19. The van der Waals surface area contributed by atoms with Crippen molar-refractivity contribution >= 4 is 11.8 Å². The van der Waals surface area contributed by atoms with Crippen LogP contribution in [0.4, 0.5) is 0 Å². The van der Waals surface area contributed by atoms with Gasteiger partial charge in [0.2, 0.25) is 0 Å². The van der Waals surface area contributed by atoms with E-state index in [2.05, 4.69) is 43.9 Å². The van der Waals surface area contributed by atoms with Gasteiger partial charge in [0.15, 0.2) is 0 Å². The number of hydrogen-bond acceptors (Lipinski definition) is 1. The van der Waals surface area contributed by atoms with Crippen LogP contribution >= 0.6 is 11.8 Å². The van der Waals surface area contributed by atoms with Crippen LogP contribution in [0.2, 0.25) is 0 Å². The Kier molecular flexibility index (Phi) is 4.99. The lowest BCUT2D eigenvalue weighted by molar-refractivity contribution is 0.944. The number of benzene rings is 1. The van der Waals surface area contributed by atoms with E-state index in [4.69, 9.17) is 0 Å². The van der Waals surface area contributed by atoms with Crippen LogP contribution in [0, 0.1) is 12.7 Å². The first kappa shape index (κ1) is 10.6. The molecule has 0 atom stereocenters. The zero-order valence-electron chi connectivity index (χ0n) is 8.42. The van der Waals surface area contributed by atoms with Gasteiger partial charge in [-0.15, -0.1) is 0 Å². The van der Waals surface area contributed by atoms with Gasteiger partial charge in [0.05, 0.1) is 0 Å². The van der Waals surface area contributed by atoms with Gasteiger partial charge in [-0.05, 0) is 18.9 Å². The summed E-state index contributed by atoms with van der Waals surface area (Å²) >= 11 is 1.91. The molecule has 1 rings (SSSR count). The largest absolute Gasteiger partial charge is 0.153 e. The molecule has 0 bridgehead atoms. The molecule has 0 unspecified atom stereocenters. The highest BCUT2D eigenvalue weighted by Crippen LogP contribution is 2.17. The third kappa shape index (κ3) is 4.37. The van der Waals surface area contributed by atoms with E-state index < -0.39 is 0 Å². The highest BCUT2D eigenvalue weighted by atomic mass is 32.2. The Bertz CT molecular complexity index is 225. The van der Waals surface area contributed by atoms with Gasteiger partial charge in [0.1, 0.15) is 0 Å². The van der Waals surface area contributed by atoms with Crippen molar-refractivity contribution in [2.24, 2.45) is 0 Å². The summed E-state index contributed by atoms with van der Waals surface area (Å²) in [7, 11) is 0. The first-order chi connectivity index (χ1) is 6.33. The summed E-state index contributed by atoms with van der Waals surface area (Å²) in [6.45, 7) is 4.34. The number of thioether (sulfide) groups is 1. The quantitative estimate of drug-likeness (QED) is 0.632. The van der Waals surface area contributed by atoms with Gasteiger partial charge in [0.25, 0.3) is 0 Å². The minimum atomic E-state index is 1.11. The van der Waals surface area contributed by atoms with Gasteiger partial charge >= 0.3 is 0 Å². The third-order valence-electron chi connectivity index (χ3n) is 1.89. The molecule has 0 amide bonds. The van der Waals surface area contributed by atoms with Crippen LogP contribution in [0.5, 0.6) is 0 Å². The maximum Gasteiger partial charge on any atom is 0.0187 e. The predicted molar refractivity (Wildman–Crippen MR) is 61.7 cm³/mol. The molecule has 0 fully saturated rings. The zero-order chi connectivity index (χ0) is 9.52. The van der Waals surface area contributed by atoms with Gasteiger partial charge in [0, 0.05) is 11.5 Å². The molecule has 0 aliphatic rings. The first-order valence-corrected chi connectivity index (χ1v) is 5.86. The van der Waals surface area contributed by atoms with Crippen molar-refractivity contribution in [1.82, 2.24) is 0 Å². The normalized spacial score (nSPS) is 10.3. The summed E-state index contributed by atoms with van der Waals surface area (Å²) in [5, 5.41) is 0. The molecule has 1 radical (unpaired) electrons. The molecule has 1 aromatic rings. The van der Waals surface area contributed by atoms with Crippen LogP contribution in [0.3, 0.4) is 0 Å². The van der Waals surface area contributed by atoms with Crippen molar-refractivity contribution < 1.29 is 0 Å². The minimum Gasteiger partial charge on any atom is -0.153 e. The molecule has 0 nitrogen and oxygen atoms in total. The number of unbranched alkanes of at least 4 members (excludes halogenated alkanes) is 1. The smallest absolute Gasteiger partial charge is 0.0187 e. The molecule has 0 aliphatic carbocycles. The molecular weight excluding hydrogens is 176 g/mol. The minimum absolute atomic E-state index is 1.11. The van der Waals surface area contributed by atoms with Crippen LogP contribution in [0.15, 0.2) is 24.3 Å². The fraction of sp³-hybridized carbons (Fsp3) is 0.417. The topological polar surface area (TPSA) is 0 Å². The molecule has 0 spiro atoms. The van der Waals surface area contributed by atoms with E-state index in [0.717, 1.165) is 5.75 Å². The molecule has 0 saturated carbocycles. The molecule has 0 N–H and O–H groups in total. The fourth-order valence-electron chi connectivity index (χ4n) is 1.04. The monoisotopic (exact) mass is 193 g/mol. The zero-order valence-corrected chi connectivity index (χ0v) is 9.23. The molecule has 0 heterocycles. The summed E-state index contributed by atoms with van der Waals surface area (Å²) in [4.78, 5) is 0. The van der Waals surface area contributed by atoms with Crippen molar-refractivity contribution in [1.29, 1.82) is 0 Å². The Balaban J connectivity index is 2.25. The summed E-state index contributed by atoms with van der Waals surface area (Å²) < 4.78 is 0. The maximum absolute atomic E-state index is 2.31. The molecule has 13 heavy (non-hydrogen) atoms. The second-order valence-corrected chi connectivity index (χ2v) is 4.21. The van der Waals surface area contributed by atoms with E-state index in [1.807, 2.05) is 11.8 Å². The van der Waals surface area contributed by atoms with Crippen molar-refractivity contribution in [3.63, 3.8) is 0 Å². The summed E-state index contributed by atoms with van der Waals surface area (Å²) in [5.74, 6) is 3.42. The lowest BCUT2D eigenvalue weighted by atomic mass is 10.2. The van der Waals surface area contributed by atoms with E-state index in [-0.39, 0.29) is 0 Å². The second-order valence-electron chi connectivity index (χ2n) is 3.25. The fourth-order valence-corrected chi connectivity index (χ4v) is 1.95. The standard InChI is InChI=1S/C12H17S/c1-3-4-9-13-10-12-7-5-11(2)6-8-12/h5-9H,3-4,10H2,1-2H3. The van der Waals surface area contributed by atoms with Crippen molar-refractivity contribution in [3.05, 3.63) is 41.1 Å². The Hall–Kier alpha value is -0.430. The van der Waals surface area contributed by atoms with Crippen molar-refractivity contribution in [2.45, 2.75) is 32.4 Å². The van der Waals surface area contributed by atoms with E-state index in [9.17, 15) is 0 Å². The van der Waals surface area contributed by atoms with Gasteiger partial charge in [-0.1, -0.05) is 43.2 Å². The van der Waals surface area contributed by atoms with Crippen molar-refractivity contribution in [3.8, 4) is 0 Å². The summed E-state index contributed by atoms with van der Waals surface area (Å²) in [6, 6.07) is 8.77. The third-order valence-corrected chi connectivity index (χ3v) is 2.87. The van der Waals surface area contributed by atoms with E-state index in [1.165, 1.54) is 24.0 Å². The van der Waals surface area contributed by atoms with Crippen LogP contribution in [-0.4, -0.2) is 0 Å². The van der Waals surface area contributed by atoms with E-state index in [0.29, 0.717) is 0 Å². The van der Waals surface area contributed by atoms with Gasteiger partial charge in [-0.3, -0.25) is 0 Å². The van der Waals surface area contributed by atoms with Crippen LogP contribution in [0.25, 0.3) is 0 Å².